The van der Waals surface area contributed by atoms with Gasteiger partial charge in [-0.2, -0.15) is 0 Å². The second kappa shape index (κ2) is 7.01. The summed E-state index contributed by atoms with van der Waals surface area (Å²) in [4.78, 5) is 22.7. The van der Waals surface area contributed by atoms with Gasteiger partial charge in [-0.15, -0.1) is 0 Å². The molecule has 3 rings (SSSR count). The van der Waals surface area contributed by atoms with Crippen LogP contribution in [0.5, 0.6) is 0 Å². The van der Waals surface area contributed by atoms with Gasteiger partial charge in [0.2, 0.25) is 5.91 Å². The Morgan fingerprint density at radius 2 is 1.84 bits per heavy atom. The third kappa shape index (κ3) is 3.85. The van der Waals surface area contributed by atoms with E-state index in [2.05, 4.69) is 36.2 Å². The number of nitrogens with zero attached hydrogens (tertiary/aromatic N) is 3. The van der Waals surface area contributed by atoms with E-state index in [1.165, 1.54) is 5.56 Å². The molecule has 0 spiro atoms. The van der Waals surface area contributed by atoms with Crippen molar-refractivity contribution in [1.82, 2.24) is 14.9 Å². The summed E-state index contributed by atoms with van der Waals surface area (Å²) in [7, 11) is 3.57. The van der Waals surface area contributed by atoms with E-state index in [9.17, 15) is 4.79 Å². The number of aromatic nitrogens is 2. The van der Waals surface area contributed by atoms with E-state index in [1.54, 1.807) is 19.0 Å². The van der Waals surface area contributed by atoms with Crippen molar-refractivity contribution >= 4 is 16.8 Å². The number of rotatable bonds is 4. The van der Waals surface area contributed by atoms with E-state index in [0.717, 1.165) is 39.8 Å². The third-order valence-electron chi connectivity index (χ3n) is 4.38. The second-order valence-electron chi connectivity index (χ2n) is 6.68. The molecule has 0 bridgehead atoms. The lowest BCUT2D eigenvalue weighted by Crippen LogP contribution is -2.21. The van der Waals surface area contributed by atoms with Crippen molar-refractivity contribution in [3.8, 4) is 11.4 Å². The molecular weight excluding hydrogens is 310 g/mol. The summed E-state index contributed by atoms with van der Waals surface area (Å²) in [6.07, 6.45) is 3.09. The van der Waals surface area contributed by atoms with Crippen molar-refractivity contribution in [1.29, 1.82) is 0 Å². The molecule has 0 unspecified atom stereocenters. The Balaban J connectivity index is 1.94. The quantitative estimate of drug-likeness (QED) is 0.726. The molecule has 0 fully saturated rings. The van der Waals surface area contributed by atoms with Crippen LogP contribution in [-0.2, 0) is 11.2 Å². The van der Waals surface area contributed by atoms with Crippen molar-refractivity contribution in [2.75, 3.05) is 14.1 Å². The van der Waals surface area contributed by atoms with Crippen molar-refractivity contribution in [2.24, 2.45) is 0 Å². The minimum Gasteiger partial charge on any atom is -0.349 e. The van der Waals surface area contributed by atoms with Crippen LogP contribution >= 0.6 is 0 Å². The van der Waals surface area contributed by atoms with Gasteiger partial charge in [-0.25, -0.2) is 4.98 Å². The van der Waals surface area contributed by atoms with E-state index >= 15 is 0 Å². The van der Waals surface area contributed by atoms with Gasteiger partial charge in [0.05, 0.1) is 16.9 Å². The predicted octanol–water partition coefficient (Wildman–Crippen LogP) is 3.93. The highest BCUT2D eigenvalue weighted by molar-refractivity contribution is 5.85. The number of benzene rings is 1. The number of aryl methyl sites for hydroxylation is 3. The zero-order chi connectivity index (χ0) is 18.0. The Morgan fingerprint density at radius 3 is 2.52 bits per heavy atom. The molecule has 0 saturated heterocycles. The Hall–Kier alpha value is -2.75. The van der Waals surface area contributed by atoms with Crippen molar-refractivity contribution in [3.63, 3.8) is 0 Å². The molecule has 1 amide bonds. The summed E-state index contributed by atoms with van der Waals surface area (Å²) in [6.45, 7) is 4.12. The van der Waals surface area contributed by atoms with Gasteiger partial charge in [-0.05, 0) is 55.2 Å². The number of hydrogen-bond donors (Lipinski definition) is 0. The second-order valence-corrected chi connectivity index (χ2v) is 6.68. The standard InChI is InChI=1S/C21H23N3O/c1-14-5-9-18(22-13-14)20-11-15(2)17-8-6-16(12-19(17)23-20)7-10-21(25)24(3)4/h5-6,8-9,11-13H,7,10H2,1-4H3. The lowest BCUT2D eigenvalue weighted by molar-refractivity contribution is -0.128. The molecule has 0 N–H and O–H groups in total. The molecule has 0 aliphatic heterocycles. The monoisotopic (exact) mass is 333 g/mol. The van der Waals surface area contributed by atoms with Gasteiger partial charge >= 0.3 is 0 Å². The molecule has 4 heteroatoms. The molecule has 0 aliphatic carbocycles. The fraction of sp³-hybridized carbons (Fsp3) is 0.286. The molecule has 3 aromatic rings. The Bertz CT molecular complexity index is 914. The molecule has 25 heavy (non-hydrogen) atoms. The molecule has 0 atom stereocenters. The van der Waals surface area contributed by atoms with E-state index in [1.807, 2.05) is 25.3 Å². The van der Waals surface area contributed by atoms with Crippen LogP contribution in [0.2, 0.25) is 0 Å². The Kier molecular flexibility index (Phi) is 4.79. The van der Waals surface area contributed by atoms with Crippen LogP contribution in [0, 0.1) is 13.8 Å². The Morgan fingerprint density at radius 1 is 1.04 bits per heavy atom. The summed E-state index contributed by atoms with van der Waals surface area (Å²) in [5, 5.41) is 1.14. The highest BCUT2D eigenvalue weighted by atomic mass is 16.2. The topological polar surface area (TPSA) is 46.1 Å². The van der Waals surface area contributed by atoms with E-state index in [0.29, 0.717) is 6.42 Å². The molecule has 0 radical (unpaired) electrons. The normalized spacial score (nSPS) is 10.9. The minimum atomic E-state index is 0.141. The average Bonchev–Trinajstić information content (AvgIpc) is 2.59. The number of amides is 1. The van der Waals surface area contributed by atoms with Crippen LogP contribution in [0.3, 0.4) is 0 Å². The summed E-state index contributed by atoms with van der Waals surface area (Å²) < 4.78 is 0. The molecule has 4 nitrogen and oxygen atoms in total. The minimum absolute atomic E-state index is 0.141. The Labute approximate surface area is 148 Å². The first kappa shape index (κ1) is 17.1. The highest BCUT2D eigenvalue weighted by Crippen LogP contribution is 2.24. The highest BCUT2D eigenvalue weighted by Gasteiger charge is 2.09. The fourth-order valence-corrected chi connectivity index (χ4v) is 2.83. The van der Waals surface area contributed by atoms with Gasteiger partial charge in [0, 0.05) is 32.1 Å². The molecule has 0 aliphatic rings. The zero-order valence-electron chi connectivity index (χ0n) is 15.2. The average molecular weight is 333 g/mol. The maximum atomic E-state index is 11.8. The van der Waals surface area contributed by atoms with E-state index in [4.69, 9.17) is 4.98 Å². The van der Waals surface area contributed by atoms with Crippen LogP contribution in [0.4, 0.5) is 0 Å². The predicted molar refractivity (Wildman–Crippen MR) is 101 cm³/mol. The molecule has 2 heterocycles. The van der Waals surface area contributed by atoms with Gasteiger partial charge < -0.3 is 4.90 Å². The number of fused-ring (bicyclic) bond motifs is 1. The maximum Gasteiger partial charge on any atom is 0.222 e. The summed E-state index contributed by atoms with van der Waals surface area (Å²) in [5.41, 5.74) is 6.15. The maximum absolute atomic E-state index is 11.8. The third-order valence-corrected chi connectivity index (χ3v) is 4.38. The first-order valence-electron chi connectivity index (χ1n) is 8.47. The zero-order valence-corrected chi connectivity index (χ0v) is 15.2. The first-order valence-corrected chi connectivity index (χ1v) is 8.47. The summed E-state index contributed by atoms with van der Waals surface area (Å²) in [6, 6.07) is 12.4. The van der Waals surface area contributed by atoms with E-state index < -0.39 is 0 Å². The number of pyridine rings is 2. The van der Waals surface area contributed by atoms with Crippen LogP contribution < -0.4 is 0 Å². The number of carbonyl (C=O) groups is 1. The molecule has 1 aromatic carbocycles. The van der Waals surface area contributed by atoms with Gasteiger partial charge in [0.15, 0.2) is 0 Å². The van der Waals surface area contributed by atoms with Crippen molar-refractivity contribution < 1.29 is 4.79 Å². The summed E-state index contributed by atoms with van der Waals surface area (Å²) >= 11 is 0. The lowest BCUT2D eigenvalue weighted by Gasteiger charge is -2.11. The van der Waals surface area contributed by atoms with Crippen molar-refractivity contribution in [3.05, 3.63) is 59.3 Å². The van der Waals surface area contributed by atoms with E-state index in [-0.39, 0.29) is 5.91 Å². The lowest BCUT2D eigenvalue weighted by atomic mass is 10.0. The van der Waals surface area contributed by atoms with Crippen LogP contribution in [0.25, 0.3) is 22.3 Å². The van der Waals surface area contributed by atoms with Crippen LogP contribution in [-0.4, -0.2) is 34.9 Å². The first-order chi connectivity index (χ1) is 11.9. The SMILES string of the molecule is Cc1ccc(-c2cc(C)c3ccc(CCC(=O)N(C)C)cc3n2)nc1. The van der Waals surface area contributed by atoms with Gasteiger partial charge in [0.1, 0.15) is 0 Å². The number of hydrogen-bond acceptors (Lipinski definition) is 3. The van der Waals surface area contributed by atoms with Gasteiger partial charge in [0.25, 0.3) is 0 Å². The number of carbonyl (C=O) groups excluding carboxylic acids is 1. The summed E-state index contributed by atoms with van der Waals surface area (Å²) in [5.74, 6) is 0.141. The molecule has 0 saturated carbocycles. The largest absolute Gasteiger partial charge is 0.349 e. The molecule has 2 aromatic heterocycles. The molecule has 128 valence electrons. The van der Waals surface area contributed by atoms with Gasteiger partial charge in [-0.1, -0.05) is 18.2 Å². The van der Waals surface area contributed by atoms with Crippen molar-refractivity contribution in [2.45, 2.75) is 26.7 Å². The molecular formula is C21H23N3O. The van der Waals surface area contributed by atoms with Crippen LogP contribution in [0.15, 0.2) is 42.6 Å². The van der Waals surface area contributed by atoms with Crippen LogP contribution in [0.1, 0.15) is 23.1 Å². The smallest absolute Gasteiger partial charge is 0.222 e. The fourth-order valence-electron chi connectivity index (χ4n) is 2.83. The van der Waals surface area contributed by atoms with Gasteiger partial charge in [-0.3, -0.25) is 9.78 Å².